The Morgan fingerprint density at radius 2 is 1.43 bits per heavy atom. The number of nitrogens with zero attached hydrogens (tertiary/aromatic N) is 4. The lowest BCUT2D eigenvalue weighted by atomic mass is 9.86. The summed E-state index contributed by atoms with van der Waals surface area (Å²) in [5.41, 5.74) is 1.74. The van der Waals surface area contributed by atoms with E-state index >= 15 is 0 Å². The summed E-state index contributed by atoms with van der Waals surface area (Å²) in [6, 6.07) is 18.7. The maximum atomic E-state index is 13.6. The van der Waals surface area contributed by atoms with E-state index in [9.17, 15) is 14.4 Å². The van der Waals surface area contributed by atoms with Gasteiger partial charge in [-0.05, 0) is 121 Å². The summed E-state index contributed by atoms with van der Waals surface area (Å²) in [5, 5.41) is 14.5. The van der Waals surface area contributed by atoms with Crippen molar-refractivity contribution in [2.45, 2.75) is 109 Å². The summed E-state index contributed by atoms with van der Waals surface area (Å²) in [5.74, 6) is 1.61. The number of carbonyl (C=O) groups is 3. The number of likely N-dealkylation sites (tertiary alicyclic amines) is 1. The second-order valence-electron chi connectivity index (χ2n) is 17.2. The number of H-pyrrole nitrogens is 1. The third-order valence-corrected chi connectivity index (χ3v) is 11.0. The van der Waals surface area contributed by atoms with Crippen molar-refractivity contribution >= 4 is 23.7 Å². The van der Waals surface area contributed by atoms with E-state index in [2.05, 4.69) is 30.6 Å². The summed E-state index contributed by atoms with van der Waals surface area (Å²) in [6.07, 6.45) is 11.3. The molecule has 0 unspecified atom stereocenters. The number of aromatic nitrogens is 4. The van der Waals surface area contributed by atoms with Gasteiger partial charge in [-0.1, -0.05) is 31.0 Å². The van der Waals surface area contributed by atoms with Crippen molar-refractivity contribution in [3.8, 4) is 17.1 Å². The van der Waals surface area contributed by atoms with Gasteiger partial charge < -0.3 is 44.0 Å². The van der Waals surface area contributed by atoms with E-state index in [1.54, 1.807) is 23.4 Å². The molecule has 2 aromatic carbocycles. The van der Waals surface area contributed by atoms with Gasteiger partial charge in [0.25, 0.3) is 5.91 Å². The van der Waals surface area contributed by atoms with Crippen molar-refractivity contribution in [1.82, 2.24) is 30.4 Å². The monoisotopic (exact) mass is 900 g/mol. The van der Waals surface area contributed by atoms with Gasteiger partial charge in [0.2, 0.25) is 0 Å². The zero-order valence-electron chi connectivity index (χ0n) is 38.9. The van der Waals surface area contributed by atoms with Crippen LogP contribution in [0, 0.1) is 0 Å². The maximum absolute atomic E-state index is 13.6. The zero-order chi connectivity index (χ0) is 46.3. The number of carbonyl (C=O) groups excluding carboxylic acids is 3. The molecule has 4 aromatic rings. The molecule has 1 saturated heterocycles. The quantitative estimate of drug-likeness (QED) is 0.0383. The fraction of sp³-hybridized carbons (Fsp3) is 0.551. The number of nitrogens with one attached hydrogen (secondary N) is 3. The fourth-order valence-corrected chi connectivity index (χ4v) is 7.30. The van der Waals surface area contributed by atoms with Gasteiger partial charge in [0.05, 0.1) is 46.2 Å². The molecule has 2 amide bonds. The van der Waals surface area contributed by atoms with Crippen LogP contribution in [0.3, 0.4) is 0 Å². The predicted octanol–water partition coefficient (Wildman–Crippen LogP) is 8.42. The molecule has 0 radical (unpaired) electrons. The number of amides is 2. The molecular weight excluding hydrogens is 831 g/mol. The average Bonchev–Trinajstić information content (AvgIpc) is 3.81. The maximum Gasteiger partial charge on any atom is 0.410 e. The minimum absolute atomic E-state index is 0.163. The van der Waals surface area contributed by atoms with E-state index < -0.39 is 11.1 Å². The number of hydrogen-bond donors (Lipinski definition) is 3. The van der Waals surface area contributed by atoms with E-state index in [1.807, 2.05) is 82.3 Å². The first kappa shape index (κ1) is 50.4. The molecule has 3 heterocycles. The summed E-state index contributed by atoms with van der Waals surface area (Å²) in [4.78, 5) is 48.4. The van der Waals surface area contributed by atoms with E-state index in [0.717, 1.165) is 67.5 Å². The number of hydrogen-bond acceptors (Lipinski definition) is 13. The van der Waals surface area contributed by atoms with Crippen LogP contribution in [-0.2, 0) is 34.0 Å². The number of unbranched alkanes of at least 4 members (excludes halogenated alkanes) is 5. The van der Waals surface area contributed by atoms with Crippen molar-refractivity contribution in [2.75, 3.05) is 71.8 Å². The molecular formula is C49H69N7O9. The van der Waals surface area contributed by atoms with Crippen LogP contribution in [0.2, 0.25) is 0 Å². The molecule has 1 aliphatic heterocycles. The zero-order valence-corrected chi connectivity index (χ0v) is 38.9. The number of rotatable bonds is 27. The largest absolute Gasteiger partial charge is 0.494 e. The standard InChI is InChI=1S/C49H69N7O9/c1-37(38-17-19-42(20-18-38)64-31-12-7-6-10-29-61-32-34-63-35-33-62-30-11-8-9-16-43(57)60-5)51-45(58)40-14-13-15-41(36-40)53-49(23-27-56(28-24-49)47(59)65-48(2,3)4)46-52-44(54-55-46)39-21-25-50-26-22-39/h13-15,17-22,25-26,36-37,53H,6-12,16,23-24,27-35H2,1-5H3,(H,51,58)(H,52,54,55)/t37-/m0/s1. The second-order valence-corrected chi connectivity index (χ2v) is 17.2. The molecule has 16 nitrogen and oxygen atoms in total. The highest BCUT2D eigenvalue weighted by atomic mass is 16.6. The topological polar surface area (TPSA) is 188 Å². The number of anilines is 1. The average molecular weight is 900 g/mol. The third kappa shape index (κ3) is 17.4. The molecule has 354 valence electrons. The lowest BCUT2D eigenvalue weighted by Crippen LogP contribution is -2.50. The number of pyridine rings is 1. The Morgan fingerprint density at radius 1 is 0.800 bits per heavy atom. The molecule has 1 atom stereocenters. The van der Waals surface area contributed by atoms with Gasteiger partial charge in [-0.3, -0.25) is 19.7 Å². The highest BCUT2D eigenvalue weighted by molar-refractivity contribution is 5.95. The first-order chi connectivity index (χ1) is 31.4. The molecule has 3 N–H and O–H groups in total. The number of esters is 1. The van der Waals surface area contributed by atoms with Crippen LogP contribution in [0.15, 0.2) is 73.1 Å². The summed E-state index contributed by atoms with van der Waals surface area (Å²) >= 11 is 0. The molecule has 65 heavy (non-hydrogen) atoms. The van der Waals surface area contributed by atoms with E-state index in [1.165, 1.54) is 7.11 Å². The van der Waals surface area contributed by atoms with Crippen molar-refractivity contribution in [2.24, 2.45) is 0 Å². The summed E-state index contributed by atoms with van der Waals surface area (Å²) < 4.78 is 33.1. The van der Waals surface area contributed by atoms with Crippen LogP contribution in [-0.4, -0.2) is 115 Å². The van der Waals surface area contributed by atoms with Crippen LogP contribution in [0.1, 0.15) is 120 Å². The highest BCUT2D eigenvalue weighted by Crippen LogP contribution is 2.36. The van der Waals surface area contributed by atoms with E-state index in [-0.39, 0.29) is 24.0 Å². The van der Waals surface area contributed by atoms with Crippen LogP contribution in [0.25, 0.3) is 11.4 Å². The number of aromatic amines is 1. The van der Waals surface area contributed by atoms with Crippen molar-refractivity contribution < 1.29 is 42.8 Å². The summed E-state index contributed by atoms with van der Waals surface area (Å²) in [7, 11) is 1.41. The Bertz CT molecular complexity index is 2020. The van der Waals surface area contributed by atoms with E-state index in [0.29, 0.717) is 95.8 Å². The predicted molar refractivity (Wildman–Crippen MR) is 248 cm³/mol. The van der Waals surface area contributed by atoms with Gasteiger partial charge in [-0.25, -0.2) is 9.78 Å². The van der Waals surface area contributed by atoms with Gasteiger partial charge in [-0.15, -0.1) is 0 Å². The van der Waals surface area contributed by atoms with Crippen LogP contribution >= 0.6 is 0 Å². The third-order valence-electron chi connectivity index (χ3n) is 11.0. The van der Waals surface area contributed by atoms with Crippen LogP contribution in [0.4, 0.5) is 10.5 Å². The number of methoxy groups -OCH3 is 1. The molecule has 0 spiro atoms. The molecule has 0 aliphatic carbocycles. The smallest absolute Gasteiger partial charge is 0.410 e. The Hall–Kier alpha value is -5.58. The summed E-state index contributed by atoms with van der Waals surface area (Å²) in [6.45, 7) is 12.6. The molecule has 1 aliphatic rings. The molecule has 0 saturated carbocycles. The number of ether oxygens (including phenoxy) is 6. The normalized spacial score (nSPS) is 14.1. The lowest BCUT2D eigenvalue weighted by molar-refractivity contribution is -0.140. The van der Waals surface area contributed by atoms with Crippen molar-refractivity contribution in [3.05, 3.63) is 90.0 Å². The lowest BCUT2D eigenvalue weighted by Gasteiger charge is -2.41. The molecule has 0 bridgehead atoms. The highest BCUT2D eigenvalue weighted by Gasteiger charge is 2.41. The molecule has 2 aromatic heterocycles. The van der Waals surface area contributed by atoms with Gasteiger partial charge in [0, 0.05) is 61.9 Å². The number of piperidine rings is 1. The minimum Gasteiger partial charge on any atom is -0.494 e. The van der Waals surface area contributed by atoms with E-state index in [4.69, 9.17) is 28.7 Å². The molecule has 1 fully saturated rings. The van der Waals surface area contributed by atoms with Gasteiger partial charge in [0.15, 0.2) is 11.6 Å². The Kier molecular flexibility index (Phi) is 20.5. The van der Waals surface area contributed by atoms with Gasteiger partial charge >= 0.3 is 12.1 Å². The Labute approximate surface area is 383 Å². The van der Waals surface area contributed by atoms with Gasteiger partial charge in [0.1, 0.15) is 16.9 Å². The fourth-order valence-electron chi connectivity index (χ4n) is 7.30. The molecule has 5 rings (SSSR count). The van der Waals surface area contributed by atoms with Crippen LogP contribution in [0.5, 0.6) is 5.75 Å². The first-order valence-corrected chi connectivity index (χ1v) is 23.0. The minimum atomic E-state index is -0.705. The first-order valence-electron chi connectivity index (χ1n) is 23.0. The van der Waals surface area contributed by atoms with Crippen LogP contribution < -0.4 is 15.4 Å². The number of benzene rings is 2. The van der Waals surface area contributed by atoms with Crippen molar-refractivity contribution in [1.29, 1.82) is 0 Å². The Balaban J connectivity index is 0.995. The molecule has 16 heteroatoms. The Morgan fingerprint density at radius 3 is 2.08 bits per heavy atom. The SMILES string of the molecule is COC(=O)CCCCCOCCOCCOCCCCCCOc1ccc([C@H](C)NC(=O)c2cccc(NC3(c4nc(-c5ccncc5)n[nH]4)CCN(C(=O)OC(C)(C)C)CC3)c2)cc1. The van der Waals surface area contributed by atoms with Gasteiger partial charge in [-0.2, -0.15) is 5.10 Å². The van der Waals surface area contributed by atoms with Crippen molar-refractivity contribution in [3.63, 3.8) is 0 Å². The second kappa shape index (κ2) is 26.4.